The summed E-state index contributed by atoms with van der Waals surface area (Å²) in [4.78, 5) is 3.93. The van der Waals surface area contributed by atoms with Gasteiger partial charge in [-0.3, -0.25) is 4.90 Å². The Morgan fingerprint density at radius 3 is 2.64 bits per heavy atom. The number of rotatable bonds is 4. The summed E-state index contributed by atoms with van der Waals surface area (Å²) in [6, 6.07) is 13.6. The van der Waals surface area contributed by atoms with Gasteiger partial charge in [-0.1, -0.05) is 42.8 Å². The first kappa shape index (κ1) is 16.0. The molecule has 1 aliphatic rings. The molecule has 0 radical (unpaired) electrons. The number of hydrogen-bond acceptors (Lipinski definition) is 3. The summed E-state index contributed by atoms with van der Waals surface area (Å²) in [5, 5.41) is 3.49. The van der Waals surface area contributed by atoms with E-state index in [1.54, 1.807) is 11.3 Å². The lowest BCUT2D eigenvalue weighted by atomic mass is 10.0. The van der Waals surface area contributed by atoms with Gasteiger partial charge in [0.1, 0.15) is 0 Å². The van der Waals surface area contributed by atoms with Crippen LogP contribution in [-0.4, -0.2) is 31.1 Å². The van der Waals surface area contributed by atoms with Crippen molar-refractivity contribution in [1.82, 2.24) is 10.2 Å². The van der Waals surface area contributed by atoms with Crippen molar-refractivity contribution >= 4 is 22.9 Å². The topological polar surface area (TPSA) is 15.3 Å². The number of halogens is 1. The van der Waals surface area contributed by atoms with Crippen LogP contribution in [0.15, 0.2) is 36.4 Å². The van der Waals surface area contributed by atoms with Gasteiger partial charge < -0.3 is 5.32 Å². The molecule has 2 heterocycles. The zero-order chi connectivity index (χ0) is 15.4. The van der Waals surface area contributed by atoms with E-state index >= 15 is 0 Å². The average Bonchev–Trinajstić information content (AvgIpc) is 2.80. The second kappa shape index (κ2) is 7.60. The van der Waals surface area contributed by atoms with Crippen LogP contribution >= 0.6 is 22.9 Å². The molecule has 1 fully saturated rings. The number of hydrogen-bond donors (Lipinski definition) is 1. The average molecular weight is 335 g/mol. The SMILES string of the molecule is CCc1ccc(C(c2ccc(Cl)s2)N2CCCNCC2)cc1. The molecule has 2 aromatic rings. The normalized spacial score (nSPS) is 18.1. The fraction of sp³-hybridized carbons (Fsp3) is 0.444. The van der Waals surface area contributed by atoms with E-state index < -0.39 is 0 Å². The maximum Gasteiger partial charge on any atom is 0.0931 e. The van der Waals surface area contributed by atoms with Gasteiger partial charge in [-0.15, -0.1) is 11.3 Å². The molecule has 1 aromatic heterocycles. The summed E-state index contributed by atoms with van der Waals surface area (Å²) in [6.45, 7) is 6.58. The molecular formula is C18H23ClN2S. The van der Waals surface area contributed by atoms with E-state index in [1.165, 1.54) is 22.4 Å². The molecule has 1 atom stereocenters. The minimum absolute atomic E-state index is 0.323. The van der Waals surface area contributed by atoms with Crippen molar-refractivity contribution in [2.75, 3.05) is 26.2 Å². The molecule has 1 unspecified atom stereocenters. The van der Waals surface area contributed by atoms with Crippen LogP contribution in [0.2, 0.25) is 4.34 Å². The smallest absolute Gasteiger partial charge is 0.0931 e. The van der Waals surface area contributed by atoms with Gasteiger partial charge in [0, 0.05) is 24.5 Å². The third-order valence-electron chi connectivity index (χ3n) is 4.31. The molecule has 3 rings (SSSR count). The van der Waals surface area contributed by atoms with Crippen molar-refractivity contribution in [1.29, 1.82) is 0 Å². The Kier molecular flexibility index (Phi) is 5.53. The van der Waals surface area contributed by atoms with Crippen LogP contribution in [0.3, 0.4) is 0 Å². The molecule has 2 nitrogen and oxygen atoms in total. The second-order valence-electron chi connectivity index (χ2n) is 5.78. The number of aryl methyl sites for hydroxylation is 1. The Morgan fingerprint density at radius 1 is 1.14 bits per heavy atom. The monoisotopic (exact) mass is 334 g/mol. The molecule has 0 saturated carbocycles. The number of thiophene rings is 1. The summed E-state index contributed by atoms with van der Waals surface area (Å²) in [5.74, 6) is 0. The standard InChI is InChI=1S/C18H23ClN2S/c1-2-14-4-6-15(7-5-14)18(16-8-9-17(19)22-16)21-12-3-10-20-11-13-21/h4-9,18,20H,2-3,10-13H2,1H3. The lowest BCUT2D eigenvalue weighted by Crippen LogP contribution is -2.32. The molecule has 22 heavy (non-hydrogen) atoms. The second-order valence-corrected chi connectivity index (χ2v) is 7.53. The molecule has 0 spiro atoms. The van der Waals surface area contributed by atoms with Crippen LogP contribution in [0.25, 0.3) is 0 Å². The fourth-order valence-corrected chi connectivity index (χ4v) is 4.32. The first-order valence-electron chi connectivity index (χ1n) is 8.07. The number of benzene rings is 1. The Bertz CT molecular complexity index is 585. The van der Waals surface area contributed by atoms with Gasteiger partial charge in [0.15, 0.2) is 0 Å². The summed E-state index contributed by atoms with van der Waals surface area (Å²) >= 11 is 7.90. The highest BCUT2D eigenvalue weighted by molar-refractivity contribution is 7.16. The van der Waals surface area contributed by atoms with Gasteiger partial charge in [-0.25, -0.2) is 0 Å². The number of nitrogens with zero attached hydrogens (tertiary/aromatic N) is 1. The van der Waals surface area contributed by atoms with Gasteiger partial charge in [0.05, 0.1) is 10.4 Å². The molecule has 4 heteroatoms. The zero-order valence-corrected chi connectivity index (χ0v) is 14.6. The van der Waals surface area contributed by atoms with Crippen LogP contribution < -0.4 is 5.32 Å². The Morgan fingerprint density at radius 2 is 1.95 bits per heavy atom. The molecular weight excluding hydrogens is 312 g/mol. The molecule has 0 aliphatic carbocycles. The van der Waals surface area contributed by atoms with E-state index in [0.29, 0.717) is 6.04 Å². The maximum atomic E-state index is 6.20. The Balaban J connectivity index is 1.93. The van der Waals surface area contributed by atoms with Crippen molar-refractivity contribution in [3.8, 4) is 0 Å². The predicted molar refractivity (Wildman–Crippen MR) is 96.1 cm³/mol. The van der Waals surface area contributed by atoms with Crippen LogP contribution in [0, 0.1) is 0 Å². The van der Waals surface area contributed by atoms with Crippen molar-refractivity contribution in [2.45, 2.75) is 25.8 Å². The minimum Gasteiger partial charge on any atom is -0.315 e. The minimum atomic E-state index is 0.323. The van der Waals surface area contributed by atoms with Crippen molar-refractivity contribution in [3.63, 3.8) is 0 Å². The Labute approximate surface area is 142 Å². The molecule has 1 aromatic carbocycles. The fourth-order valence-electron chi connectivity index (χ4n) is 3.09. The Hall–Kier alpha value is -0.870. The third kappa shape index (κ3) is 3.72. The summed E-state index contributed by atoms with van der Waals surface area (Å²) in [7, 11) is 0. The van der Waals surface area contributed by atoms with Gasteiger partial charge in [0.25, 0.3) is 0 Å². The largest absolute Gasteiger partial charge is 0.315 e. The van der Waals surface area contributed by atoms with E-state index in [-0.39, 0.29) is 0 Å². The van der Waals surface area contributed by atoms with Crippen molar-refractivity contribution in [3.05, 3.63) is 56.7 Å². The summed E-state index contributed by atoms with van der Waals surface area (Å²) in [5.41, 5.74) is 2.77. The molecule has 0 bridgehead atoms. The molecule has 0 amide bonds. The van der Waals surface area contributed by atoms with Gasteiger partial charge in [-0.2, -0.15) is 0 Å². The van der Waals surface area contributed by atoms with Crippen molar-refractivity contribution < 1.29 is 0 Å². The van der Waals surface area contributed by atoms with Crippen LogP contribution in [0.4, 0.5) is 0 Å². The van der Waals surface area contributed by atoms with Crippen molar-refractivity contribution in [2.24, 2.45) is 0 Å². The van der Waals surface area contributed by atoms with Gasteiger partial charge >= 0.3 is 0 Å². The molecule has 1 aliphatic heterocycles. The van der Waals surface area contributed by atoms with Gasteiger partial charge in [0.2, 0.25) is 0 Å². The number of nitrogens with one attached hydrogen (secondary N) is 1. The van der Waals surface area contributed by atoms with E-state index in [4.69, 9.17) is 11.6 Å². The lowest BCUT2D eigenvalue weighted by Gasteiger charge is -2.30. The zero-order valence-electron chi connectivity index (χ0n) is 13.0. The summed E-state index contributed by atoms with van der Waals surface area (Å²) < 4.78 is 0.873. The van der Waals surface area contributed by atoms with Crippen LogP contribution in [-0.2, 0) is 6.42 Å². The molecule has 1 saturated heterocycles. The highest BCUT2D eigenvalue weighted by atomic mass is 35.5. The lowest BCUT2D eigenvalue weighted by molar-refractivity contribution is 0.244. The molecule has 118 valence electrons. The highest BCUT2D eigenvalue weighted by Crippen LogP contribution is 2.35. The summed E-state index contributed by atoms with van der Waals surface area (Å²) in [6.07, 6.45) is 2.28. The highest BCUT2D eigenvalue weighted by Gasteiger charge is 2.24. The van der Waals surface area contributed by atoms with E-state index in [1.807, 2.05) is 6.07 Å². The first-order valence-corrected chi connectivity index (χ1v) is 9.26. The quantitative estimate of drug-likeness (QED) is 0.894. The first-order chi connectivity index (χ1) is 10.8. The van der Waals surface area contributed by atoms with Crippen LogP contribution in [0.1, 0.15) is 35.4 Å². The maximum absolute atomic E-state index is 6.20. The van der Waals surface area contributed by atoms with Crippen LogP contribution in [0.5, 0.6) is 0 Å². The predicted octanol–water partition coefficient (Wildman–Crippen LogP) is 4.35. The van der Waals surface area contributed by atoms with E-state index in [2.05, 4.69) is 47.5 Å². The third-order valence-corrected chi connectivity index (χ3v) is 5.59. The van der Waals surface area contributed by atoms with Gasteiger partial charge in [-0.05, 0) is 42.6 Å². The van der Waals surface area contributed by atoms with E-state index in [9.17, 15) is 0 Å². The van der Waals surface area contributed by atoms with E-state index in [0.717, 1.165) is 36.9 Å². The molecule has 1 N–H and O–H groups in total.